The molecule has 5 heteroatoms. The number of rotatable bonds is 8. The monoisotopic (exact) mass is 292 g/mol. The van der Waals surface area contributed by atoms with Crippen molar-refractivity contribution >= 4 is 11.7 Å². The lowest BCUT2D eigenvalue weighted by atomic mass is 10.1. The summed E-state index contributed by atoms with van der Waals surface area (Å²) in [5, 5.41) is 2.63. The Balaban J connectivity index is 2.97. The number of nitrogens with zero attached hydrogens (tertiary/aromatic N) is 1. The first-order valence-electron chi connectivity index (χ1n) is 7.12. The fraction of sp³-hybridized carbons (Fsp3) is 0.500. The van der Waals surface area contributed by atoms with Crippen molar-refractivity contribution in [2.45, 2.75) is 26.8 Å². The number of methoxy groups -OCH3 is 1. The molecule has 0 aliphatic carbocycles. The summed E-state index contributed by atoms with van der Waals surface area (Å²) in [5.41, 5.74) is 1.57. The largest absolute Gasteiger partial charge is 0.496 e. The molecule has 0 saturated heterocycles. The maximum absolute atomic E-state index is 11.6. The number of benzene rings is 1. The van der Waals surface area contributed by atoms with E-state index in [1.165, 1.54) is 0 Å². The highest BCUT2D eigenvalue weighted by molar-refractivity contribution is 5.94. The molecule has 0 saturated carbocycles. The van der Waals surface area contributed by atoms with Gasteiger partial charge in [-0.15, -0.1) is 0 Å². The van der Waals surface area contributed by atoms with Gasteiger partial charge in [-0.1, -0.05) is 6.92 Å². The van der Waals surface area contributed by atoms with Gasteiger partial charge in [0.2, 0.25) is 5.91 Å². The Morgan fingerprint density at radius 3 is 2.57 bits per heavy atom. The third-order valence-corrected chi connectivity index (χ3v) is 3.27. The Hall–Kier alpha value is -1.88. The third-order valence-electron chi connectivity index (χ3n) is 3.27. The van der Waals surface area contributed by atoms with Gasteiger partial charge in [-0.3, -0.25) is 14.5 Å². The number of ether oxygens (including phenoxy) is 1. The highest BCUT2D eigenvalue weighted by atomic mass is 16.5. The summed E-state index contributed by atoms with van der Waals surface area (Å²) in [6.45, 7) is 5.32. The molecule has 116 valence electrons. The van der Waals surface area contributed by atoms with E-state index in [4.69, 9.17) is 4.74 Å². The Labute approximate surface area is 126 Å². The molecule has 1 rings (SSSR count). The number of carbonyl (C=O) groups is 2. The molecule has 0 aromatic heterocycles. The molecule has 0 radical (unpaired) electrons. The number of hydrogen-bond acceptors (Lipinski definition) is 4. The van der Waals surface area contributed by atoms with Crippen molar-refractivity contribution in [3.63, 3.8) is 0 Å². The molecule has 1 aromatic carbocycles. The van der Waals surface area contributed by atoms with E-state index in [1.54, 1.807) is 33.2 Å². The average Bonchev–Trinajstić information content (AvgIpc) is 2.47. The second-order valence-electron chi connectivity index (χ2n) is 4.97. The number of Topliss-reactive ketones (excluding diaryl/α,β-unsaturated/α-hetero) is 1. The fourth-order valence-corrected chi connectivity index (χ4v) is 2.17. The average molecular weight is 292 g/mol. The Kier molecular flexibility index (Phi) is 6.88. The van der Waals surface area contributed by atoms with Gasteiger partial charge in [-0.25, -0.2) is 0 Å². The molecule has 1 N–H and O–H groups in total. The van der Waals surface area contributed by atoms with Crippen LogP contribution in [0.4, 0.5) is 0 Å². The molecule has 21 heavy (non-hydrogen) atoms. The maximum atomic E-state index is 11.6. The summed E-state index contributed by atoms with van der Waals surface area (Å²) in [7, 11) is 3.23. The van der Waals surface area contributed by atoms with Crippen LogP contribution in [-0.4, -0.2) is 43.8 Å². The summed E-state index contributed by atoms with van der Waals surface area (Å²) in [6, 6.07) is 5.40. The highest BCUT2D eigenvalue weighted by Crippen LogP contribution is 2.22. The van der Waals surface area contributed by atoms with Crippen LogP contribution in [-0.2, 0) is 11.3 Å². The van der Waals surface area contributed by atoms with Crippen molar-refractivity contribution < 1.29 is 14.3 Å². The van der Waals surface area contributed by atoms with E-state index in [0.717, 1.165) is 24.3 Å². The van der Waals surface area contributed by atoms with Crippen LogP contribution < -0.4 is 10.1 Å². The van der Waals surface area contributed by atoms with Gasteiger partial charge in [0, 0.05) is 24.7 Å². The second kappa shape index (κ2) is 8.42. The molecule has 0 bridgehead atoms. The van der Waals surface area contributed by atoms with Crippen LogP contribution in [0.1, 0.15) is 36.2 Å². The van der Waals surface area contributed by atoms with Crippen LogP contribution in [0.5, 0.6) is 5.75 Å². The van der Waals surface area contributed by atoms with E-state index in [2.05, 4.69) is 12.2 Å². The number of amides is 1. The predicted octanol–water partition coefficient (Wildman–Crippen LogP) is 1.86. The van der Waals surface area contributed by atoms with Crippen LogP contribution in [0.2, 0.25) is 0 Å². The molecule has 0 spiro atoms. The summed E-state index contributed by atoms with van der Waals surface area (Å²) in [4.78, 5) is 25.1. The standard InChI is InChI=1S/C16H24N2O3/c1-5-8-18(11-16(20)17-3)10-14-9-13(12(2)19)6-7-15(14)21-4/h6-7,9H,5,8,10-11H2,1-4H3,(H,17,20). The van der Waals surface area contributed by atoms with Crippen molar-refractivity contribution in [3.05, 3.63) is 29.3 Å². The number of hydrogen-bond donors (Lipinski definition) is 1. The number of nitrogens with one attached hydrogen (secondary N) is 1. The van der Waals surface area contributed by atoms with Gasteiger partial charge in [0.1, 0.15) is 5.75 Å². The molecule has 0 aliphatic heterocycles. The van der Waals surface area contributed by atoms with Gasteiger partial charge in [-0.2, -0.15) is 0 Å². The number of ketones is 1. The molecular weight excluding hydrogens is 268 g/mol. The van der Waals surface area contributed by atoms with E-state index in [1.807, 2.05) is 11.0 Å². The van der Waals surface area contributed by atoms with E-state index in [-0.39, 0.29) is 11.7 Å². The smallest absolute Gasteiger partial charge is 0.233 e. The first-order chi connectivity index (χ1) is 10.0. The summed E-state index contributed by atoms with van der Waals surface area (Å²) >= 11 is 0. The molecule has 1 amide bonds. The summed E-state index contributed by atoms with van der Waals surface area (Å²) in [6.07, 6.45) is 0.950. The topological polar surface area (TPSA) is 58.6 Å². The van der Waals surface area contributed by atoms with Gasteiger partial charge in [0.25, 0.3) is 0 Å². The quantitative estimate of drug-likeness (QED) is 0.743. The van der Waals surface area contributed by atoms with Crippen molar-refractivity contribution in [2.24, 2.45) is 0 Å². The first-order valence-corrected chi connectivity index (χ1v) is 7.12. The zero-order chi connectivity index (χ0) is 15.8. The van der Waals surface area contributed by atoms with Gasteiger partial charge < -0.3 is 10.1 Å². The highest BCUT2D eigenvalue weighted by Gasteiger charge is 2.14. The van der Waals surface area contributed by atoms with Crippen LogP contribution in [0.3, 0.4) is 0 Å². The Morgan fingerprint density at radius 1 is 1.33 bits per heavy atom. The lowest BCUT2D eigenvalue weighted by Crippen LogP contribution is -2.35. The summed E-state index contributed by atoms with van der Waals surface area (Å²) < 4.78 is 5.35. The Morgan fingerprint density at radius 2 is 2.05 bits per heavy atom. The van der Waals surface area contributed by atoms with Crippen molar-refractivity contribution in [1.29, 1.82) is 0 Å². The van der Waals surface area contributed by atoms with Gasteiger partial charge in [0.15, 0.2) is 5.78 Å². The first kappa shape index (κ1) is 17.2. The van der Waals surface area contributed by atoms with E-state index in [0.29, 0.717) is 18.7 Å². The minimum absolute atomic E-state index is 0.0206. The van der Waals surface area contributed by atoms with Crippen LogP contribution >= 0.6 is 0 Å². The Bertz CT molecular complexity index is 500. The minimum Gasteiger partial charge on any atom is -0.496 e. The molecule has 0 unspecified atom stereocenters. The molecule has 0 atom stereocenters. The van der Waals surface area contributed by atoms with E-state index < -0.39 is 0 Å². The lowest BCUT2D eigenvalue weighted by molar-refractivity contribution is -0.121. The maximum Gasteiger partial charge on any atom is 0.233 e. The van der Waals surface area contributed by atoms with Crippen LogP contribution in [0.25, 0.3) is 0 Å². The van der Waals surface area contributed by atoms with E-state index in [9.17, 15) is 9.59 Å². The fourth-order valence-electron chi connectivity index (χ4n) is 2.17. The van der Waals surface area contributed by atoms with Gasteiger partial charge in [-0.05, 0) is 38.1 Å². The third kappa shape index (κ3) is 5.19. The molecule has 1 aromatic rings. The zero-order valence-electron chi connectivity index (χ0n) is 13.2. The molecule has 0 fully saturated rings. The second-order valence-corrected chi connectivity index (χ2v) is 4.97. The normalized spacial score (nSPS) is 10.5. The molecule has 5 nitrogen and oxygen atoms in total. The lowest BCUT2D eigenvalue weighted by Gasteiger charge is -2.22. The van der Waals surface area contributed by atoms with Crippen LogP contribution in [0, 0.1) is 0 Å². The number of carbonyl (C=O) groups excluding carboxylic acids is 2. The van der Waals surface area contributed by atoms with Crippen molar-refractivity contribution in [3.8, 4) is 5.75 Å². The molecule has 0 heterocycles. The van der Waals surface area contributed by atoms with E-state index >= 15 is 0 Å². The van der Waals surface area contributed by atoms with Crippen molar-refractivity contribution in [2.75, 3.05) is 27.2 Å². The van der Waals surface area contributed by atoms with Crippen molar-refractivity contribution in [1.82, 2.24) is 10.2 Å². The minimum atomic E-state index is -0.0230. The molecule has 0 aliphatic rings. The number of likely N-dealkylation sites (N-methyl/N-ethyl adjacent to an activating group) is 1. The van der Waals surface area contributed by atoms with Crippen LogP contribution in [0.15, 0.2) is 18.2 Å². The SMILES string of the molecule is CCCN(CC(=O)NC)Cc1cc(C(C)=O)ccc1OC. The zero-order valence-corrected chi connectivity index (χ0v) is 13.2. The van der Waals surface area contributed by atoms with Gasteiger partial charge in [0.05, 0.1) is 13.7 Å². The summed E-state index contributed by atoms with van der Waals surface area (Å²) in [5.74, 6) is 0.732. The molecular formula is C16H24N2O3. The predicted molar refractivity (Wildman–Crippen MR) is 82.6 cm³/mol. The van der Waals surface area contributed by atoms with Gasteiger partial charge >= 0.3 is 0 Å².